The molecule has 5 heterocycles. The summed E-state index contributed by atoms with van der Waals surface area (Å²) in [7, 11) is 0. The Morgan fingerprint density at radius 3 is 2.45 bits per heavy atom. The third-order valence-electron chi connectivity index (χ3n) is 17.1. The highest BCUT2D eigenvalue weighted by atomic mass is 16.5. The van der Waals surface area contributed by atoms with Crippen LogP contribution in [0, 0.1) is 75.9 Å². The summed E-state index contributed by atoms with van der Waals surface area (Å²) in [4.78, 5) is 14.8. The van der Waals surface area contributed by atoms with Crippen LogP contribution in [-0.4, -0.2) is 87.8 Å². The molecule has 1 aromatic rings. The normalized spacial score (nSPS) is 48.9. The van der Waals surface area contributed by atoms with Crippen molar-refractivity contribution in [1.29, 1.82) is 0 Å². The van der Waals surface area contributed by atoms with Crippen LogP contribution < -0.4 is 0 Å². The largest absolute Gasteiger partial charge is 0.396 e. The summed E-state index contributed by atoms with van der Waals surface area (Å²) in [6.07, 6.45) is 8.03. The topological polar surface area (TPSA) is 126 Å². The van der Waals surface area contributed by atoms with Crippen molar-refractivity contribution in [3.63, 3.8) is 0 Å². The summed E-state index contributed by atoms with van der Waals surface area (Å²) in [6, 6.07) is 10.3. The van der Waals surface area contributed by atoms with Crippen molar-refractivity contribution in [2.45, 2.75) is 145 Å². The van der Waals surface area contributed by atoms with E-state index in [0.717, 1.165) is 62.5 Å². The molecule has 5 aliphatic heterocycles. The summed E-state index contributed by atoms with van der Waals surface area (Å²) < 4.78 is 20.7. The predicted molar refractivity (Wildman–Crippen MR) is 211 cm³/mol. The van der Waals surface area contributed by atoms with Crippen LogP contribution in [-0.2, 0) is 19.0 Å². The van der Waals surface area contributed by atoms with E-state index in [4.69, 9.17) is 14.2 Å². The Labute approximate surface area is 333 Å². The second-order valence-corrected chi connectivity index (χ2v) is 19.4. The van der Waals surface area contributed by atoms with Gasteiger partial charge in [0.25, 0.3) is 0 Å². The van der Waals surface area contributed by atoms with Gasteiger partial charge in [-0.25, -0.2) is 0 Å². The van der Waals surface area contributed by atoms with Crippen molar-refractivity contribution < 1.29 is 39.4 Å². The van der Waals surface area contributed by atoms with Gasteiger partial charge in [0.15, 0.2) is 5.78 Å². The number of carbonyl (C=O) groups is 1. The lowest BCUT2D eigenvalue weighted by atomic mass is 9.39. The van der Waals surface area contributed by atoms with Crippen LogP contribution >= 0.6 is 0 Å². The van der Waals surface area contributed by atoms with Crippen LogP contribution in [0.2, 0.25) is 0 Å². The number of hydrogen-bond donors (Lipinski definition) is 4. The lowest BCUT2D eigenvalue weighted by molar-refractivity contribution is -0.245. The molecule has 0 aromatic heterocycles. The van der Waals surface area contributed by atoms with E-state index in [1.54, 1.807) is 6.92 Å². The van der Waals surface area contributed by atoms with Crippen LogP contribution in [0.3, 0.4) is 0 Å². The Balaban J connectivity index is 1.27. The molecule has 1 saturated heterocycles. The van der Waals surface area contributed by atoms with Crippen molar-refractivity contribution in [2.24, 2.45) is 52.3 Å². The fraction of sp³-hybridized carbons (Fsp3) is 0.729. The molecule has 11 rings (SSSR count). The Bertz CT molecular complexity index is 1810. The molecular weight excluding hydrogens is 705 g/mol. The average Bonchev–Trinajstić information content (AvgIpc) is 3.74. The summed E-state index contributed by atoms with van der Waals surface area (Å²) in [6.45, 7) is 6.42. The average molecular weight is 767 g/mol. The fourth-order valence-electron chi connectivity index (χ4n) is 14.5. The number of aliphatic hydroxyl groups excluding tert-OH is 3. The first-order chi connectivity index (χ1) is 27.0. The van der Waals surface area contributed by atoms with Gasteiger partial charge in [0.05, 0.1) is 42.0 Å². The van der Waals surface area contributed by atoms with Gasteiger partial charge in [-0.05, 0) is 111 Å². The van der Waals surface area contributed by atoms with Crippen molar-refractivity contribution in [1.82, 2.24) is 0 Å². The minimum Gasteiger partial charge on any atom is -0.396 e. The molecule has 10 aliphatic rings. The first kappa shape index (κ1) is 39.0. The molecular formula is C48H62O8. The van der Waals surface area contributed by atoms with Crippen molar-refractivity contribution in [3.05, 3.63) is 47.5 Å². The number of aliphatic hydroxyl groups is 4. The SMILES string of the molecule is CC1C(CO)C2OC1C(O)C#CCC1CC3C4=CC(=O)C5CC(CCC53C)OCC(c3ccccc3)C#CCOC43CCC(C(C)(O)C2O)C13C1CCCCC1. The number of ether oxygens (including phenoxy) is 3. The van der Waals surface area contributed by atoms with Crippen LogP contribution in [0.15, 0.2) is 42.0 Å². The zero-order chi connectivity index (χ0) is 39.0. The van der Waals surface area contributed by atoms with Gasteiger partial charge in [-0.3, -0.25) is 4.79 Å². The van der Waals surface area contributed by atoms with E-state index in [0.29, 0.717) is 32.3 Å². The van der Waals surface area contributed by atoms with Gasteiger partial charge >= 0.3 is 0 Å². The highest BCUT2D eigenvalue weighted by Gasteiger charge is 2.76. The summed E-state index contributed by atoms with van der Waals surface area (Å²) in [5, 5.41) is 48.0. The van der Waals surface area contributed by atoms with Gasteiger partial charge in [-0.15, -0.1) is 5.92 Å². The van der Waals surface area contributed by atoms with E-state index in [1.807, 2.05) is 31.2 Å². The van der Waals surface area contributed by atoms with Gasteiger partial charge in [-0.2, -0.15) is 0 Å². The summed E-state index contributed by atoms with van der Waals surface area (Å²) >= 11 is 0. The van der Waals surface area contributed by atoms with Crippen LogP contribution in [0.1, 0.15) is 109 Å². The number of allylic oxidation sites excluding steroid dienone is 1. The van der Waals surface area contributed by atoms with E-state index in [9.17, 15) is 25.2 Å². The molecule has 16 unspecified atom stereocenters. The van der Waals surface area contributed by atoms with Gasteiger partial charge in [-0.1, -0.05) is 81.2 Å². The van der Waals surface area contributed by atoms with Gasteiger partial charge in [0, 0.05) is 30.3 Å². The van der Waals surface area contributed by atoms with E-state index in [2.05, 4.69) is 42.7 Å². The molecule has 0 radical (unpaired) electrons. The van der Waals surface area contributed by atoms with Crippen molar-refractivity contribution in [2.75, 3.05) is 19.8 Å². The second kappa shape index (κ2) is 14.6. The lowest BCUT2D eigenvalue weighted by Crippen LogP contribution is -2.70. The zero-order valence-corrected chi connectivity index (χ0v) is 33.5. The molecule has 302 valence electrons. The molecule has 8 bridgehead atoms. The Morgan fingerprint density at radius 2 is 1.68 bits per heavy atom. The third kappa shape index (κ3) is 5.71. The highest BCUT2D eigenvalue weighted by molar-refractivity contribution is 5.95. The third-order valence-corrected chi connectivity index (χ3v) is 17.1. The van der Waals surface area contributed by atoms with Crippen LogP contribution in [0.4, 0.5) is 0 Å². The standard InChI is InChI=1S/C48H62O8/c1-29-35(27-49)43-44(52)46(3,53)41-20-22-47-37-26-40(51)38-25-34(54-28-31(14-11-23-55-47)30-12-6-4-7-13-30)19-21-45(38,2)36(37)24-33(17-10-18-39(50)42(29)56-43)48(41,47)32-15-8-5-9-16-32/h4,6-7,12-13,26,29,31-36,38-39,41-44,49-50,52-53H,5,8-9,15-17,19-25,27-28H2,1-3H3. The molecule has 4 N–H and O–H groups in total. The van der Waals surface area contributed by atoms with Crippen LogP contribution in [0.5, 0.6) is 0 Å². The number of carbonyl (C=O) groups excluding carboxylic acids is 1. The number of hydrogen-bond acceptors (Lipinski definition) is 8. The van der Waals surface area contributed by atoms with E-state index < -0.39 is 52.9 Å². The number of rotatable bonds is 3. The molecule has 8 heteroatoms. The van der Waals surface area contributed by atoms with Gasteiger partial charge in [0.2, 0.25) is 0 Å². The quantitative estimate of drug-likeness (QED) is 0.287. The Kier molecular flexibility index (Phi) is 10.2. The molecule has 1 aromatic carbocycles. The predicted octanol–water partition coefficient (Wildman–Crippen LogP) is 5.75. The first-order valence-electron chi connectivity index (χ1n) is 21.9. The fourth-order valence-corrected chi connectivity index (χ4v) is 14.5. The minimum absolute atomic E-state index is 0.0260. The van der Waals surface area contributed by atoms with Gasteiger partial charge in [0.1, 0.15) is 18.8 Å². The van der Waals surface area contributed by atoms with E-state index in [1.165, 1.54) is 0 Å². The summed E-state index contributed by atoms with van der Waals surface area (Å²) in [5.41, 5.74) is -1.41. The first-order valence-corrected chi connectivity index (χ1v) is 21.9. The molecule has 5 fully saturated rings. The van der Waals surface area contributed by atoms with Crippen LogP contribution in [0.25, 0.3) is 0 Å². The van der Waals surface area contributed by atoms with E-state index >= 15 is 0 Å². The Morgan fingerprint density at radius 1 is 0.893 bits per heavy atom. The molecule has 0 amide bonds. The molecule has 16 atom stereocenters. The summed E-state index contributed by atoms with van der Waals surface area (Å²) in [5.74, 6) is 12.5. The zero-order valence-electron chi connectivity index (χ0n) is 33.5. The molecule has 5 aliphatic carbocycles. The number of ketones is 1. The maximum atomic E-state index is 14.8. The molecule has 4 saturated carbocycles. The maximum absolute atomic E-state index is 14.8. The number of benzene rings is 1. The van der Waals surface area contributed by atoms with Crippen molar-refractivity contribution >= 4 is 5.78 Å². The molecule has 8 nitrogen and oxygen atoms in total. The monoisotopic (exact) mass is 766 g/mol. The molecule has 1 spiro atoms. The Hall–Kier alpha value is -2.53. The highest BCUT2D eigenvalue weighted by Crippen LogP contribution is 2.75. The minimum atomic E-state index is -1.65. The maximum Gasteiger partial charge on any atom is 0.159 e. The second-order valence-electron chi connectivity index (χ2n) is 19.4. The lowest BCUT2D eigenvalue weighted by Gasteiger charge is -2.67. The van der Waals surface area contributed by atoms with Gasteiger partial charge < -0.3 is 34.6 Å². The smallest absolute Gasteiger partial charge is 0.159 e. The molecule has 56 heavy (non-hydrogen) atoms. The number of fused-ring (bicyclic) bond motifs is 4. The van der Waals surface area contributed by atoms with Crippen molar-refractivity contribution in [3.8, 4) is 23.7 Å². The van der Waals surface area contributed by atoms with E-state index in [-0.39, 0.29) is 66.0 Å².